The molecule has 6 heteroatoms. The predicted molar refractivity (Wildman–Crippen MR) is 97.1 cm³/mol. The van der Waals surface area contributed by atoms with Crippen LogP contribution in [-0.2, 0) is 9.59 Å². The van der Waals surface area contributed by atoms with E-state index in [9.17, 15) is 9.59 Å². The molecule has 1 heterocycles. The van der Waals surface area contributed by atoms with Crippen molar-refractivity contribution in [2.45, 2.75) is 45.2 Å². The minimum Gasteiger partial charge on any atom is -0.497 e. The third-order valence-corrected chi connectivity index (χ3v) is 4.83. The molecule has 0 radical (unpaired) electrons. The maximum atomic E-state index is 12.8. The van der Waals surface area contributed by atoms with E-state index in [-0.39, 0.29) is 30.3 Å². The molecule has 1 aliphatic rings. The minimum absolute atomic E-state index is 0.0555. The van der Waals surface area contributed by atoms with Crippen LogP contribution in [0.15, 0.2) is 24.3 Å². The number of ether oxygens (including phenoxy) is 1. The number of amides is 2. The summed E-state index contributed by atoms with van der Waals surface area (Å²) in [5.41, 5.74) is 6.90. The average molecular weight is 347 g/mol. The molecule has 2 amide bonds. The highest BCUT2D eigenvalue weighted by Gasteiger charge is 2.27. The molecule has 25 heavy (non-hydrogen) atoms. The second-order valence-electron chi connectivity index (χ2n) is 6.83. The molecule has 1 saturated heterocycles. The molecular weight excluding hydrogens is 318 g/mol. The second kappa shape index (κ2) is 8.85. The van der Waals surface area contributed by atoms with E-state index in [0.717, 1.165) is 30.7 Å². The number of rotatable bonds is 6. The van der Waals surface area contributed by atoms with Gasteiger partial charge in [-0.15, -0.1) is 0 Å². The molecule has 1 fully saturated rings. The number of benzene rings is 1. The van der Waals surface area contributed by atoms with Crippen molar-refractivity contribution in [2.75, 3.05) is 20.2 Å². The van der Waals surface area contributed by atoms with Crippen LogP contribution in [0.4, 0.5) is 0 Å². The van der Waals surface area contributed by atoms with Crippen LogP contribution in [0.25, 0.3) is 0 Å². The summed E-state index contributed by atoms with van der Waals surface area (Å²) in [5.74, 6) is 0.992. The van der Waals surface area contributed by atoms with E-state index in [1.54, 1.807) is 7.11 Å². The van der Waals surface area contributed by atoms with E-state index < -0.39 is 0 Å². The Morgan fingerprint density at radius 3 is 2.60 bits per heavy atom. The van der Waals surface area contributed by atoms with E-state index in [1.165, 1.54) is 6.92 Å². The topological polar surface area (TPSA) is 84.7 Å². The van der Waals surface area contributed by atoms with Gasteiger partial charge in [-0.05, 0) is 43.4 Å². The summed E-state index contributed by atoms with van der Waals surface area (Å²) in [6.07, 6.45) is 2.29. The van der Waals surface area contributed by atoms with Crippen molar-refractivity contribution < 1.29 is 14.3 Å². The zero-order valence-electron chi connectivity index (χ0n) is 15.3. The Morgan fingerprint density at radius 2 is 2.04 bits per heavy atom. The van der Waals surface area contributed by atoms with Crippen LogP contribution in [0, 0.1) is 5.92 Å². The fourth-order valence-electron chi connectivity index (χ4n) is 3.30. The van der Waals surface area contributed by atoms with Crippen LogP contribution in [0.2, 0.25) is 0 Å². The third-order valence-electron chi connectivity index (χ3n) is 4.83. The molecule has 1 aliphatic heterocycles. The fraction of sp³-hybridized carbons (Fsp3) is 0.579. The molecule has 0 unspecified atom stereocenters. The largest absolute Gasteiger partial charge is 0.497 e. The van der Waals surface area contributed by atoms with Crippen molar-refractivity contribution in [3.63, 3.8) is 0 Å². The van der Waals surface area contributed by atoms with E-state index in [0.29, 0.717) is 12.5 Å². The van der Waals surface area contributed by atoms with Gasteiger partial charge in [0.1, 0.15) is 5.75 Å². The summed E-state index contributed by atoms with van der Waals surface area (Å²) >= 11 is 0. The molecule has 0 aromatic heterocycles. The SMILES string of the molecule is COc1ccc([C@H](CC(=O)N2CCC[C@H]([C@H](C)N)C2)NC(C)=O)cc1. The Bertz CT molecular complexity index is 586. The van der Waals surface area contributed by atoms with Crippen molar-refractivity contribution in [3.05, 3.63) is 29.8 Å². The number of carbonyl (C=O) groups is 2. The molecule has 1 aromatic rings. The zero-order chi connectivity index (χ0) is 18.4. The molecule has 6 nitrogen and oxygen atoms in total. The van der Waals surface area contributed by atoms with Gasteiger partial charge in [-0.25, -0.2) is 0 Å². The number of carbonyl (C=O) groups excluding carboxylic acids is 2. The Balaban J connectivity index is 2.07. The number of nitrogens with zero attached hydrogens (tertiary/aromatic N) is 1. The molecule has 1 aromatic carbocycles. The lowest BCUT2D eigenvalue weighted by molar-refractivity contribution is -0.134. The predicted octanol–water partition coefficient (Wildman–Crippen LogP) is 1.85. The Hall–Kier alpha value is -2.08. The number of piperidine rings is 1. The molecule has 0 bridgehead atoms. The maximum absolute atomic E-state index is 12.8. The van der Waals surface area contributed by atoms with Gasteiger partial charge in [0.25, 0.3) is 0 Å². The summed E-state index contributed by atoms with van der Waals surface area (Å²) in [6, 6.07) is 7.18. The molecule has 0 spiro atoms. The lowest BCUT2D eigenvalue weighted by Crippen LogP contribution is -2.46. The van der Waals surface area contributed by atoms with Crippen LogP contribution in [-0.4, -0.2) is 43.0 Å². The molecule has 3 N–H and O–H groups in total. The van der Waals surface area contributed by atoms with Gasteiger partial charge in [-0.2, -0.15) is 0 Å². The molecule has 2 rings (SSSR count). The Labute approximate surface area is 149 Å². The number of nitrogens with one attached hydrogen (secondary N) is 1. The molecule has 0 aliphatic carbocycles. The van der Waals surface area contributed by atoms with E-state index >= 15 is 0 Å². The van der Waals surface area contributed by atoms with Crippen molar-refractivity contribution in [1.29, 1.82) is 0 Å². The highest BCUT2D eigenvalue weighted by molar-refractivity contribution is 5.79. The standard InChI is InChI=1S/C19H29N3O3/c1-13(20)16-5-4-10-22(12-16)19(24)11-18(21-14(2)23)15-6-8-17(25-3)9-7-15/h6-9,13,16,18H,4-5,10-12,20H2,1-3H3,(H,21,23)/t13-,16-,18-/m0/s1. The van der Waals surface area contributed by atoms with Gasteiger partial charge >= 0.3 is 0 Å². The van der Waals surface area contributed by atoms with Gasteiger partial charge in [-0.1, -0.05) is 12.1 Å². The first-order valence-electron chi connectivity index (χ1n) is 8.85. The molecule has 0 saturated carbocycles. The Morgan fingerprint density at radius 1 is 1.36 bits per heavy atom. The quantitative estimate of drug-likeness (QED) is 0.822. The maximum Gasteiger partial charge on any atom is 0.224 e. The first-order valence-corrected chi connectivity index (χ1v) is 8.85. The zero-order valence-corrected chi connectivity index (χ0v) is 15.3. The first kappa shape index (κ1) is 19.2. The average Bonchev–Trinajstić information content (AvgIpc) is 2.61. The van der Waals surface area contributed by atoms with Gasteiger partial charge in [0.05, 0.1) is 19.6 Å². The number of likely N-dealkylation sites (tertiary alicyclic amines) is 1. The van der Waals surface area contributed by atoms with E-state index in [4.69, 9.17) is 10.5 Å². The lowest BCUT2D eigenvalue weighted by Gasteiger charge is -2.35. The van der Waals surface area contributed by atoms with E-state index in [2.05, 4.69) is 5.32 Å². The highest BCUT2D eigenvalue weighted by Crippen LogP contribution is 2.24. The first-order chi connectivity index (χ1) is 11.9. The molecule has 3 atom stereocenters. The van der Waals surface area contributed by atoms with Crippen LogP contribution in [0.1, 0.15) is 44.7 Å². The number of hydrogen-bond acceptors (Lipinski definition) is 4. The van der Waals surface area contributed by atoms with Gasteiger partial charge < -0.3 is 20.7 Å². The van der Waals surface area contributed by atoms with Gasteiger partial charge in [0, 0.05) is 26.1 Å². The van der Waals surface area contributed by atoms with E-state index in [1.807, 2.05) is 36.1 Å². The molecular formula is C19H29N3O3. The smallest absolute Gasteiger partial charge is 0.224 e. The highest BCUT2D eigenvalue weighted by atomic mass is 16.5. The van der Waals surface area contributed by atoms with Crippen LogP contribution in [0.5, 0.6) is 5.75 Å². The number of methoxy groups -OCH3 is 1. The van der Waals surface area contributed by atoms with Gasteiger partial charge in [0.15, 0.2) is 0 Å². The monoisotopic (exact) mass is 347 g/mol. The lowest BCUT2D eigenvalue weighted by atomic mass is 9.91. The number of nitrogens with two attached hydrogens (primary N) is 1. The minimum atomic E-state index is -0.341. The van der Waals surface area contributed by atoms with Crippen LogP contribution >= 0.6 is 0 Å². The van der Waals surface area contributed by atoms with Crippen molar-refractivity contribution in [2.24, 2.45) is 11.7 Å². The van der Waals surface area contributed by atoms with Crippen molar-refractivity contribution >= 4 is 11.8 Å². The Kier molecular flexibility index (Phi) is 6.82. The normalized spacial score (nSPS) is 19.8. The summed E-state index contributed by atoms with van der Waals surface area (Å²) in [6.45, 7) is 4.92. The van der Waals surface area contributed by atoms with Crippen LogP contribution in [0.3, 0.4) is 0 Å². The van der Waals surface area contributed by atoms with Gasteiger partial charge in [0.2, 0.25) is 11.8 Å². The van der Waals surface area contributed by atoms with Gasteiger partial charge in [-0.3, -0.25) is 9.59 Å². The fourth-order valence-corrected chi connectivity index (χ4v) is 3.30. The second-order valence-corrected chi connectivity index (χ2v) is 6.83. The third kappa shape index (κ3) is 5.46. The summed E-state index contributed by atoms with van der Waals surface area (Å²) in [7, 11) is 1.61. The van der Waals surface area contributed by atoms with Crippen LogP contribution < -0.4 is 15.8 Å². The summed E-state index contributed by atoms with van der Waals surface area (Å²) in [4.78, 5) is 26.2. The molecule has 138 valence electrons. The van der Waals surface area contributed by atoms with Crippen molar-refractivity contribution in [1.82, 2.24) is 10.2 Å². The van der Waals surface area contributed by atoms with Crippen molar-refractivity contribution in [3.8, 4) is 5.75 Å². The number of hydrogen-bond donors (Lipinski definition) is 2. The summed E-state index contributed by atoms with van der Waals surface area (Å²) in [5, 5.41) is 2.89. The summed E-state index contributed by atoms with van der Waals surface area (Å²) < 4.78 is 5.17.